The molecule has 0 saturated carbocycles. The maximum absolute atomic E-state index is 9.79. The molecule has 4 heteroatoms. The summed E-state index contributed by atoms with van der Waals surface area (Å²) < 4.78 is 0. The molecule has 2 atom stereocenters. The van der Waals surface area contributed by atoms with Crippen LogP contribution in [-0.2, 0) is 0 Å². The molecule has 2 aromatic rings. The summed E-state index contributed by atoms with van der Waals surface area (Å²) >= 11 is 0. The summed E-state index contributed by atoms with van der Waals surface area (Å²) in [7, 11) is 0. The Labute approximate surface area is 99.1 Å². The number of nitriles is 1. The number of aliphatic hydroxyl groups excluding tert-OH is 2. The summed E-state index contributed by atoms with van der Waals surface area (Å²) in [4.78, 5) is 3.08. The molecule has 2 rings (SSSR count). The van der Waals surface area contributed by atoms with Crippen LogP contribution in [0.5, 0.6) is 0 Å². The molecule has 0 amide bonds. The Bertz CT molecular complexity index is 591. The molecule has 1 heterocycles. The van der Waals surface area contributed by atoms with Gasteiger partial charge in [-0.1, -0.05) is 0 Å². The van der Waals surface area contributed by atoms with E-state index in [1.807, 2.05) is 0 Å². The van der Waals surface area contributed by atoms with Gasteiger partial charge in [0, 0.05) is 16.5 Å². The molecule has 3 N–H and O–H groups in total. The number of benzene rings is 1. The highest BCUT2D eigenvalue weighted by Gasteiger charge is 2.18. The maximum Gasteiger partial charge on any atom is 0.0991 e. The maximum atomic E-state index is 9.79. The molecule has 17 heavy (non-hydrogen) atoms. The van der Waals surface area contributed by atoms with Crippen LogP contribution in [0.3, 0.4) is 0 Å². The van der Waals surface area contributed by atoms with Crippen LogP contribution in [-0.4, -0.2) is 15.2 Å². The fourth-order valence-electron chi connectivity index (χ4n) is 2.08. The lowest BCUT2D eigenvalue weighted by atomic mass is 10.0. The van der Waals surface area contributed by atoms with Crippen molar-refractivity contribution in [2.45, 2.75) is 26.1 Å². The molecule has 0 aliphatic heterocycles. The normalized spacial score (nSPS) is 14.5. The van der Waals surface area contributed by atoms with E-state index < -0.39 is 12.2 Å². The standard InChI is InChI=1S/C13H14N2O2/c1-7(16)12-10-5-9(6-14)3-4-11(10)15-13(12)8(2)17/h3-5,7-8,15-17H,1-2H3/t7-,8-/m0/s1. The number of nitrogens with one attached hydrogen (secondary N) is 1. The zero-order chi connectivity index (χ0) is 12.6. The number of aliphatic hydroxyl groups is 2. The number of aromatic amines is 1. The first-order valence-electron chi connectivity index (χ1n) is 5.46. The van der Waals surface area contributed by atoms with Gasteiger partial charge in [0.05, 0.1) is 29.5 Å². The second kappa shape index (κ2) is 4.21. The smallest absolute Gasteiger partial charge is 0.0991 e. The molecule has 0 bridgehead atoms. The topological polar surface area (TPSA) is 80.0 Å². The van der Waals surface area contributed by atoms with E-state index in [9.17, 15) is 10.2 Å². The van der Waals surface area contributed by atoms with Gasteiger partial charge in [0.2, 0.25) is 0 Å². The fraction of sp³-hybridized carbons (Fsp3) is 0.308. The minimum absolute atomic E-state index is 0.538. The molecule has 0 radical (unpaired) electrons. The third-order valence-electron chi connectivity index (χ3n) is 2.83. The van der Waals surface area contributed by atoms with Crippen molar-refractivity contribution in [2.24, 2.45) is 0 Å². The van der Waals surface area contributed by atoms with Gasteiger partial charge in [-0.15, -0.1) is 0 Å². The Morgan fingerprint density at radius 1 is 1.24 bits per heavy atom. The van der Waals surface area contributed by atoms with E-state index in [1.54, 1.807) is 32.0 Å². The van der Waals surface area contributed by atoms with Gasteiger partial charge in [-0.2, -0.15) is 5.26 Å². The minimum atomic E-state index is -0.692. The van der Waals surface area contributed by atoms with Gasteiger partial charge in [-0.3, -0.25) is 0 Å². The van der Waals surface area contributed by atoms with E-state index in [4.69, 9.17) is 5.26 Å². The lowest BCUT2D eigenvalue weighted by Gasteiger charge is -2.09. The lowest BCUT2D eigenvalue weighted by Crippen LogP contribution is -2.00. The summed E-state index contributed by atoms with van der Waals surface area (Å²) in [5, 5.41) is 29.1. The third kappa shape index (κ3) is 1.91. The van der Waals surface area contributed by atoms with E-state index in [0.717, 1.165) is 10.9 Å². The highest BCUT2D eigenvalue weighted by Crippen LogP contribution is 2.32. The van der Waals surface area contributed by atoms with Crippen molar-refractivity contribution in [3.63, 3.8) is 0 Å². The SMILES string of the molecule is C[C@H](O)c1[nH]c2ccc(C#N)cc2c1[C@H](C)O. The molecule has 88 valence electrons. The molecule has 0 unspecified atom stereocenters. The Morgan fingerprint density at radius 2 is 1.94 bits per heavy atom. The average Bonchev–Trinajstić information content (AvgIpc) is 2.66. The molecule has 0 fully saturated rings. The van der Waals surface area contributed by atoms with Crippen molar-refractivity contribution < 1.29 is 10.2 Å². The molecule has 0 spiro atoms. The zero-order valence-electron chi connectivity index (χ0n) is 9.73. The number of H-pyrrole nitrogens is 1. The minimum Gasteiger partial charge on any atom is -0.389 e. The molecule has 0 aliphatic carbocycles. The van der Waals surface area contributed by atoms with E-state index >= 15 is 0 Å². The summed E-state index contributed by atoms with van der Waals surface area (Å²) in [6.07, 6.45) is -1.38. The molecular weight excluding hydrogens is 216 g/mol. The second-order valence-corrected chi connectivity index (χ2v) is 4.18. The largest absolute Gasteiger partial charge is 0.389 e. The van der Waals surface area contributed by atoms with Crippen LogP contribution in [0.1, 0.15) is 42.9 Å². The number of nitrogens with zero attached hydrogens (tertiary/aromatic N) is 1. The first kappa shape index (κ1) is 11.6. The van der Waals surface area contributed by atoms with Crippen LogP contribution < -0.4 is 0 Å². The Morgan fingerprint density at radius 3 is 2.47 bits per heavy atom. The van der Waals surface area contributed by atoms with Gasteiger partial charge < -0.3 is 15.2 Å². The van der Waals surface area contributed by atoms with Crippen molar-refractivity contribution in [3.05, 3.63) is 35.0 Å². The number of hydrogen-bond donors (Lipinski definition) is 3. The van der Waals surface area contributed by atoms with Crippen LogP contribution in [0.25, 0.3) is 10.9 Å². The summed E-state index contributed by atoms with van der Waals surface area (Å²) in [5.74, 6) is 0. The quantitative estimate of drug-likeness (QED) is 0.739. The van der Waals surface area contributed by atoms with Gasteiger partial charge in [0.15, 0.2) is 0 Å². The summed E-state index contributed by atoms with van der Waals surface area (Å²) in [6.45, 7) is 3.29. The monoisotopic (exact) mass is 230 g/mol. The Hall–Kier alpha value is -1.83. The van der Waals surface area contributed by atoms with Gasteiger partial charge in [-0.05, 0) is 32.0 Å². The van der Waals surface area contributed by atoms with Crippen molar-refractivity contribution in [1.82, 2.24) is 4.98 Å². The molecular formula is C13H14N2O2. The second-order valence-electron chi connectivity index (χ2n) is 4.18. The van der Waals surface area contributed by atoms with E-state index in [-0.39, 0.29) is 0 Å². The number of aromatic nitrogens is 1. The number of rotatable bonds is 2. The summed E-state index contributed by atoms with van der Waals surface area (Å²) in [6, 6.07) is 7.28. The van der Waals surface area contributed by atoms with Crippen LogP contribution in [0, 0.1) is 11.3 Å². The predicted octanol–water partition coefficient (Wildman–Crippen LogP) is 2.15. The van der Waals surface area contributed by atoms with Gasteiger partial charge in [0.1, 0.15) is 0 Å². The molecule has 1 aromatic carbocycles. The van der Waals surface area contributed by atoms with Crippen molar-refractivity contribution in [2.75, 3.05) is 0 Å². The van der Waals surface area contributed by atoms with Crippen LogP contribution >= 0.6 is 0 Å². The van der Waals surface area contributed by atoms with E-state index in [0.29, 0.717) is 16.8 Å². The zero-order valence-corrected chi connectivity index (χ0v) is 9.73. The first-order valence-corrected chi connectivity index (χ1v) is 5.46. The fourth-order valence-corrected chi connectivity index (χ4v) is 2.08. The van der Waals surface area contributed by atoms with Gasteiger partial charge >= 0.3 is 0 Å². The van der Waals surface area contributed by atoms with Crippen LogP contribution in [0.15, 0.2) is 18.2 Å². The van der Waals surface area contributed by atoms with E-state index in [2.05, 4.69) is 11.1 Å². The highest BCUT2D eigenvalue weighted by atomic mass is 16.3. The van der Waals surface area contributed by atoms with Crippen LogP contribution in [0.4, 0.5) is 0 Å². The molecule has 4 nitrogen and oxygen atoms in total. The van der Waals surface area contributed by atoms with Gasteiger partial charge in [-0.25, -0.2) is 0 Å². The molecule has 1 aromatic heterocycles. The Kier molecular flexibility index (Phi) is 2.88. The third-order valence-corrected chi connectivity index (χ3v) is 2.83. The number of fused-ring (bicyclic) bond motifs is 1. The molecule has 0 aliphatic rings. The summed E-state index contributed by atoms with van der Waals surface area (Å²) in [5.41, 5.74) is 2.61. The van der Waals surface area contributed by atoms with Crippen molar-refractivity contribution in [3.8, 4) is 6.07 Å². The first-order chi connectivity index (χ1) is 8.04. The van der Waals surface area contributed by atoms with Crippen molar-refractivity contribution in [1.29, 1.82) is 5.26 Å². The van der Waals surface area contributed by atoms with E-state index in [1.165, 1.54) is 0 Å². The number of hydrogen-bond acceptors (Lipinski definition) is 3. The van der Waals surface area contributed by atoms with Crippen LogP contribution in [0.2, 0.25) is 0 Å². The molecule has 0 saturated heterocycles. The predicted molar refractivity (Wildman–Crippen MR) is 64.3 cm³/mol. The Balaban J connectivity index is 2.78. The van der Waals surface area contributed by atoms with Gasteiger partial charge in [0.25, 0.3) is 0 Å². The highest BCUT2D eigenvalue weighted by molar-refractivity contribution is 5.86. The average molecular weight is 230 g/mol. The lowest BCUT2D eigenvalue weighted by molar-refractivity contribution is 0.174. The van der Waals surface area contributed by atoms with Crippen molar-refractivity contribution >= 4 is 10.9 Å².